The predicted octanol–water partition coefficient (Wildman–Crippen LogP) is 6.31. The number of anilines is 1. The number of aromatic nitrogens is 2. The highest BCUT2D eigenvalue weighted by Crippen LogP contribution is 2.44. The Labute approximate surface area is 204 Å². The molecule has 2 aromatic heterocycles. The summed E-state index contributed by atoms with van der Waals surface area (Å²) in [6, 6.07) is 4.24. The van der Waals surface area contributed by atoms with Crippen LogP contribution < -0.4 is 15.6 Å². The zero-order valence-electron chi connectivity index (χ0n) is 20.2. The second kappa shape index (κ2) is 8.92. The number of fused-ring (bicyclic) bond motifs is 2. The smallest absolute Gasteiger partial charge is 0.412 e. The van der Waals surface area contributed by atoms with Crippen molar-refractivity contribution in [3.05, 3.63) is 51.3 Å². The Bertz CT molecular complexity index is 1540. The van der Waals surface area contributed by atoms with Crippen LogP contribution in [0.15, 0.2) is 23.0 Å². The minimum atomic E-state index is -0.707. The summed E-state index contributed by atoms with van der Waals surface area (Å²) in [6.07, 6.45) is -0.255. The van der Waals surface area contributed by atoms with E-state index < -0.39 is 28.9 Å². The molecule has 0 aliphatic rings. The van der Waals surface area contributed by atoms with E-state index in [1.807, 2.05) is 6.92 Å². The third kappa shape index (κ3) is 4.45. The molecule has 0 unspecified atom stereocenters. The van der Waals surface area contributed by atoms with E-state index in [1.165, 1.54) is 19.2 Å². The maximum Gasteiger partial charge on any atom is 0.412 e. The molecule has 0 fully saturated rings. The number of benzene rings is 2. The van der Waals surface area contributed by atoms with Crippen LogP contribution >= 0.6 is 11.3 Å². The first kappa shape index (κ1) is 24.6. The Morgan fingerprint density at radius 1 is 1.26 bits per heavy atom. The van der Waals surface area contributed by atoms with Gasteiger partial charge in [-0.25, -0.2) is 13.6 Å². The van der Waals surface area contributed by atoms with Crippen molar-refractivity contribution in [1.29, 1.82) is 0 Å². The van der Waals surface area contributed by atoms with E-state index in [0.29, 0.717) is 33.5 Å². The lowest BCUT2D eigenvalue weighted by molar-refractivity contribution is 0.0636. The number of H-pyrrole nitrogens is 1. The molecule has 4 rings (SSSR count). The van der Waals surface area contributed by atoms with Gasteiger partial charge in [0.2, 0.25) is 0 Å². The molecule has 0 spiro atoms. The van der Waals surface area contributed by atoms with Crippen LogP contribution in [0.2, 0.25) is 0 Å². The molecule has 0 atom stereocenters. The number of nitrogens with one attached hydrogen (secondary N) is 2. The normalized spacial score (nSPS) is 11.8. The molecule has 1 amide bonds. The van der Waals surface area contributed by atoms with Crippen LogP contribution in [0.4, 0.5) is 18.6 Å². The van der Waals surface area contributed by atoms with Crippen LogP contribution in [0.1, 0.15) is 38.8 Å². The Hall–Kier alpha value is -3.53. The minimum Gasteiger partial charge on any atom is -0.468 e. The monoisotopic (exact) mass is 501 g/mol. The highest BCUT2D eigenvalue weighted by Gasteiger charge is 2.25. The van der Waals surface area contributed by atoms with Crippen molar-refractivity contribution in [3.63, 3.8) is 0 Å². The average molecular weight is 502 g/mol. The Morgan fingerprint density at radius 3 is 2.60 bits per heavy atom. The zero-order chi connectivity index (χ0) is 25.7. The van der Waals surface area contributed by atoms with Gasteiger partial charge in [-0.15, -0.1) is 11.3 Å². The summed E-state index contributed by atoms with van der Waals surface area (Å²) in [4.78, 5) is 31.4. The largest absolute Gasteiger partial charge is 0.468 e. The molecule has 0 radical (unpaired) electrons. The van der Waals surface area contributed by atoms with Gasteiger partial charge in [0.25, 0.3) is 11.6 Å². The molecule has 4 aromatic rings. The molecule has 0 saturated heterocycles. The third-order valence-electron chi connectivity index (χ3n) is 5.49. The standard InChI is InChI=1S/C25H25F2N3O4S/c1-7-12-10-14-19(28-23(33-6)29-21(14)31)18(27)17(12)13-8-9-15(26)20-16(13)11(2)22(35-20)30-24(32)34-25(3,4)5/h8-10H,7H2,1-6H3,(H,30,32)(H,28,29,31). The fourth-order valence-electron chi connectivity index (χ4n) is 3.98. The lowest BCUT2D eigenvalue weighted by Gasteiger charge is -2.19. The van der Waals surface area contributed by atoms with Crippen LogP contribution in [0.3, 0.4) is 0 Å². The van der Waals surface area contributed by atoms with Crippen molar-refractivity contribution >= 4 is 43.4 Å². The topological polar surface area (TPSA) is 93.3 Å². The van der Waals surface area contributed by atoms with Crippen molar-refractivity contribution in [2.45, 2.75) is 46.6 Å². The van der Waals surface area contributed by atoms with Crippen LogP contribution in [-0.4, -0.2) is 28.8 Å². The number of thiophene rings is 1. The quantitative estimate of drug-likeness (QED) is 0.342. The highest BCUT2D eigenvalue weighted by molar-refractivity contribution is 7.23. The molecule has 2 N–H and O–H groups in total. The second-order valence-electron chi connectivity index (χ2n) is 9.03. The van der Waals surface area contributed by atoms with Gasteiger partial charge in [-0.1, -0.05) is 13.0 Å². The van der Waals surface area contributed by atoms with Crippen LogP contribution in [0.25, 0.3) is 32.1 Å². The number of halogens is 2. The van der Waals surface area contributed by atoms with E-state index in [2.05, 4.69) is 15.3 Å². The van der Waals surface area contributed by atoms with E-state index in [4.69, 9.17) is 9.47 Å². The molecular weight excluding hydrogens is 476 g/mol. The van der Waals surface area contributed by atoms with Crippen molar-refractivity contribution in [1.82, 2.24) is 9.97 Å². The van der Waals surface area contributed by atoms with Crippen molar-refractivity contribution < 1.29 is 23.0 Å². The first-order valence-electron chi connectivity index (χ1n) is 11.0. The Balaban J connectivity index is 1.98. The molecule has 35 heavy (non-hydrogen) atoms. The molecule has 2 aromatic carbocycles. The van der Waals surface area contributed by atoms with Crippen molar-refractivity contribution in [3.8, 4) is 17.1 Å². The van der Waals surface area contributed by atoms with E-state index >= 15 is 4.39 Å². The molecule has 184 valence electrons. The molecule has 0 aliphatic heterocycles. The van der Waals surface area contributed by atoms with Gasteiger partial charge in [0.15, 0.2) is 5.82 Å². The average Bonchev–Trinajstić information content (AvgIpc) is 3.10. The third-order valence-corrected chi connectivity index (χ3v) is 6.70. The van der Waals surface area contributed by atoms with Crippen molar-refractivity contribution in [2.75, 3.05) is 12.4 Å². The summed E-state index contributed by atoms with van der Waals surface area (Å²) >= 11 is 1.05. The number of hydrogen-bond acceptors (Lipinski definition) is 6. The number of nitrogens with zero attached hydrogens (tertiary/aromatic N) is 1. The molecule has 0 aliphatic carbocycles. The number of amides is 1. The summed E-state index contributed by atoms with van der Waals surface area (Å²) in [5.74, 6) is -1.20. The fourth-order valence-corrected chi connectivity index (χ4v) is 5.11. The van der Waals surface area contributed by atoms with Gasteiger partial charge in [0.05, 0.1) is 17.2 Å². The van der Waals surface area contributed by atoms with Gasteiger partial charge in [0.1, 0.15) is 21.9 Å². The highest BCUT2D eigenvalue weighted by atomic mass is 32.1. The fraction of sp³-hybridized carbons (Fsp3) is 0.320. The first-order valence-corrected chi connectivity index (χ1v) is 11.8. The van der Waals surface area contributed by atoms with E-state index in [1.54, 1.807) is 33.8 Å². The number of carbonyl (C=O) groups excluding carboxylic acids is 1. The summed E-state index contributed by atoms with van der Waals surface area (Å²) in [6.45, 7) is 8.79. The lowest BCUT2D eigenvalue weighted by atomic mass is 9.92. The van der Waals surface area contributed by atoms with Crippen molar-refractivity contribution in [2.24, 2.45) is 0 Å². The molecule has 0 bridgehead atoms. The number of methoxy groups -OCH3 is 1. The lowest BCUT2D eigenvalue weighted by Crippen LogP contribution is -2.27. The number of carbonyl (C=O) groups is 1. The molecule has 2 heterocycles. The first-order chi connectivity index (χ1) is 16.4. The number of aromatic amines is 1. The van der Waals surface area contributed by atoms with E-state index in [9.17, 15) is 14.0 Å². The molecule has 0 saturated carbocycles. The van der Waals surface area contributed by atoms with Gasteiger partial charge < -0.3 is 9.47 Å². The predicted molar refractivity (Wildman–Crippen MR) is 134 cm³/mol. The Morgan fingerprint density at radius 2 is 1.97 bits per heavy atom. The Kier molecular flexibility index (Phi) is 6.27. The van der Waals surface area contributed by atoms with Gasteiger partial charge in [-0.2, -0.15) is 4.98 Å². The summed E-state index contributed by atoms with van der Waals surface area (Å²) in [5, 5.41) is 3.64. The zero-order valence-corrected chi connectivity index (χ0v) is 21.0. The van der Waals surface area contributed by atoms with E-state index in [-0.39, 0.29) is 27.2 Å². The number of hydrogen-bond donors (Lipinski definition) is 2. The van der Waals surface area contributed by atoms with Gasteiger partial charge in [0, 0.05) is 10.9 Å². The molecular formula is C25H25F2N3O4S. The maximum absolute atomic E-state index is 16.0. The summed E-state index contributed by atoms with van der Waals surface area (Å²) in [5.41, 5.74) is 0.416. The second-order valence-corrected chi connectivity index (χ2v) is 10.1. The van der Waals surface area contributed by atoms with Gasteiger partial charge in [-0.05, 0) is 62.9 Å². The molecule has 7 nitrogen and oxygen atoms in total. The minimum absolute atomic E-state index is 0.0941. The summed E-state index contributed by atoms with van der Waals surface area (Å²) in [7, 11) is 1.32. The van der Waals surface area contributed by atoms with Gasteiger partial charge in [-0.3, -0.25) is 15.1 Å². The number of ether oxygens (including phenoxy) is 2. The number of aryl methyl sites for hydroxylation is 2. The van der Waals surface area contributed by atoms with Gasteiger partial charge >= 0.3 is 6.09 Å². The maximum atomic E-state index is 16.0. The van der Waals surface area contributed by atoms with Crippen LogP contribution in [-0.2, 0) is 11.2 Å². The molecule has 10 heteroatoms. The van der Waals surface area contributed by atoms with Crippen LogP contribution in [0, 0.1) is 18.6 Å². The van der Waals surface area contributed by atoms with E-state index in [0.717, 1.165) is 11.3 Å². The van der Waals surface area contributed by atoms with Crippen LogP contribution in [0.5, 0.6) is 6.01 Å². The SMILES string of the molecule is CCc1cc2c(=O)[nH]c(OC)nc2c(F)c1-c1ccc(F)c2sc(NC(=O)OC(C)(C)C)c(C)c12. The summed E-state index contributed by atoms with van der Waals surface area (Å²) < 4.78 is 41.5. The number of rotatable bonds is 4.